The molecular formula is C15H25N3. The van der Waals surface area contributed by atoms with Gasteiger partial charge in [0.25, 0.3) is 0 Å². The van der Waals surface area contributed by atoms with Gasteiger partial charge in [0, 0.05) is 25.5 Å². The quantitative estimate of drug-likeness (QED) is 0.813. The van der Waals surface area contributed by atoms with Gasteiger partial charge in [-0.25, -0.2) is 9.97 Å². The summed E-state index contributed by atoms with van der Waals surface area (Å²) in [6, 6.07) is 0. The SMILES string of the molecule is CCCC1CCN(c2ncc(C(C)C)cn2)CC1. The first-order valence-corrected chi connectivity index (χ1v) is 7.27. The van der Waals surface area contributed by atoms with E-state index in [0.29, 0.717) is 5.92 Å². The molecule has 0 radical (unpaired) electrons. The van der Waals surface area contributed by atoms with Gasteiger partial charge in [-0.05, 0) is 30.2 Å². The lowest BCUT2D eigenvalue weighted by molar-refractivity contribution is 0.376. The molecule has 0 unspecified atom stereocenters. The van der Waals surface area contributed by atoms with Crippen molar-refractivity contribution in [2.75, 3.05) is 18.0 Å². The summed E-state index contributed by atoms with van der Waals surface area (Å²) in [4.78, 5) is 11.3. The molecule has 1 aliphatic heterocycles. The zero-order valence-electron chi connectivity index (χ0n) is 11.9. The summed E-state index contributed by atoms with van der Waals surface area (Å²) in [6.07, 6.45) is 9.23. The van der Waals surface area contributed by atoms with E-state index in [2.05, 4.69) is 35.6 Å². The van der Waals surface area contributed by atoms with Gasteiger partial charge in [0.1, 0.15) is 0 Å². The summed E-state index contributed by atoms with van der Waals surface area (Å²) in [5.41, 5.74) is 1.22. The van der Waals surface area contributed by atoms with E-state index in [1.165, 1.54) is 31.2 Å². The number of piperidine rings is 1. The molecule has 0 spiro atoms. The maximum absolute atomic E-state index is 4.51. The fourth-order valence-corrected chi connectivity index (χ4v) is 2.62. The average molecular weight is 247 g/mol. The number of aromatic nitrogens is 2. The van der Waals surface area contributed by atoms with Gasteiger partial charge in [-0.15, -0.1) is 0 Å². The smallest absolute Gasteiger partial charge is 0.225 e. The molecule has 0 bridgehead atoms. The minimum atomic E-state index is 0.509. The summed E-state index contributed by atoms with van der Waals surface area (Å²) in [7, 11) is 0. The highest BCUT2D eigenvalue weighted by molar-refractivity contribution is 5.31. The molecule has 0 aliphatic carbocycles. The molecule has 100 valence electrons. The minimum Gasteiger partial charge on any atom is -0.341 e. The van der Waals surface area contributed by atoms with E-state index in [1.54, 1.807) is 0 Å². The Balaban J connectivity index is 1.93. The lowest BCUT2D eigenvalue weighted by Crippen LogP contribution is -2.34. The highest BCUT2D eigenvalue weighted by Gasteiger charge is 2.20. The summed E-state index contributed by atoms with van der Waals surface area (Å²) < 4.78 is 0. The van der Waals surface area contributed by atoms with E-state index in [-0.39, 0.29) is 0 Å². The Hall–Kier alpha value is -1.12. The van der Waals surface area contributed by atoms with E-state index in [1.807, 2.05) is 12.4 Å². The number of hydrogen-bond acceptors (Lipinski definition) is 3. The lowest BCUT2D eigenvalue weighted by Gasteiger charge is -2.31. The van der Waals surface area contributed by atoms with Crippen LogP contribution in [0.3, 0.4) is 0 Å². The fraction of sp³-hybridized carbons (Fsp3) is 0.733. The Morgan fingerprint density at radius 2 is 1.83 bits per heavy atom. The Bertz CT molecular complexity index is 351. The third kappa shape index (κ3) is 3.21. The van der Waals surface area contributed by atoms with Gasteiger partial charge in [0.05, 0.1) is 0 Å². The molecule has 2 heterocycles. The average Bonchev–Trinajstić information content (AvgIpc) is 2.40. The van der Waals surface area contributed by atoms with Crippen molar-refractivity contribution in [2.24, 2.45) is 5.92 Å². The Labute approximate surface area is 111 Å². The van der Waals surface area contributed by atoms with Gasteiger partial charge in [-0.1, -0.05) is 33.6 Å². The predicted octanol–water partition coefficient (Wildman–Crippen LogP) is 3.62. The van der Waals surface area contributed by atoms with Gasteiger partial charge >= 0.3 is 0 Å². The lowest BCUT2D eigenvalue weighted by atomic mass is 9.93. The first-order chi connectivity index (χ1) is 8.70. The maximum atomic E-state index is 4.51. The van der Waals surface area contributed by atoms with E-state index in [9.17, 15) is 0 Å². The molecule has 0 N–H and O–H groups in total. The van der Waals surface area contributed by atoms with E-state index >= 15 is 0 Å². The standard InChI is InChI=1S/C15H25N3/c1-4-5-13-6-8-18(9-7-13)15-16-10-14(11-17-15)12(2)3/h10-13H,4-9H2,1-3H3. The van der Waals surface area contributed by atoms with Crippen LogP contribution in [0.5, 0.6) is 0 Å². The highest BCUT2D eigenvalue weighted by Crippen LogP contribution is 2.24. The van der Waals surface area contributed by atoms with Crippen LogP contribution >= 0.6 is 0 Å². The summed E-state index contributed by atoms with van der Waals surface area (Å²) in [5.74, 6) is 2.34. The molecule has 1 saturated heterocycles. The van der Waals surface area contributed by atoms with Crippen LogP contribution in [0.1, 0.15) is 57.9 Å². The van der Waals surface area contributed by atoms with Crippen LogP contribution in [0.25, 0.3) is 0 Å². The van der Waals surface area contributed by atoms with Crippen LogP contribution in [-0.4, -0.2) is 23.1 Å². The number of anilines is 1. The van der Waals surface area contributed by atoms with E-state index in [0.717, 1.165) is 25.0 Å². The van der Waals surface area contributed by atoms with Crippen molar-refractivity contribution in [1.29, 1.82) is 0 Å². The molecule has 0 amide bonds. The summed E-state index contributed by atoms with van der Waals surface area (Å²) >= 11 is 0. The van der Waals surface area contributed by atoms with Crippen molar-refractivity contribution in [3.05, 3.63) is 18.0 Å². The third-order valence-corrected chi connectivity index (χ3v) is 3.92. The molecule has 0 saturated carbocycles. The predicted molar refractivity (Wildman–Crippen MR) is 76.0 cm³/mol. The molecule has 3 nitrogen and oxygen atoms in total. The summed E-state index contributed by atoms with van der Waals surface area (Å²) in [5, 5.41) is 0. The second-order valence-corrected chi connectivity index (χ2v) is 5.69. The van der Waals surface area contributed by atoms with Gasteiger partial charge in [-0.2, -0.15) is 0 Å². The molecule has 3 heteroatoms. The molecule has 1 aliphatic rings. The maximum Gasteiger partial charge on any atom is 0.225 e. The normalized spacial score (nSPS) is 17.4. The van der Waals surface area contributed by atoms with Gasteiger partial charge in [0.2, 0.25) is 5.95 Å². The molecule has 0 atom stereocenters. The Morgan fingerprint density at radius 1 is 1.22 bits per heavy atom. The van der Waals surface area contributed by atoms with Gasteiger partial charge in [0.15, 0.2) is 0 Å². The van der Waals surface area contributed by atoms with Crippen molar-refractivity contribution < 1.29 is 0 Å². The summed E-state index contributed by atoms with van der Waals surface area (Å²) in [6.45, 7) is 8.86. The molecule has 1 aromatic heterocycles. The molecule has 0 aromatic carbocycles. The van der Waals surface area contributed by atoms with Crippen molar-refractivity contribution in [3.63, 3.8) is 0 Å². The molecule has 2 rings (SSSR count). The Morgan fingerprint density at radius 3 is 2.33 bits per heavy atom. The zero-order valence-corrected chi connectivity index (χ0v) is 11.9. The van der Waals surface area contributed by atoms with Crippen LogP contribution < -0.4 is 4.90 Å². The largest absolute Gasteiger partial charge is 0.341 e. The molecule has 18 heavy (non-hydrogen) atoms. The fourth-order valence-electron chi connectivity index (χ4n) is 2.62. The van der Waals surface area contributed by atoms with Crippen molar-refractivity contribution in [3.8, 4) is 0 Å². The first kappa shape index (κ1) is 13.3. The first-order valence-electron chi connectivity index (χ1n) is 7.27. The molecule has 1 fully saturated rings. The highest BCUT2D eigenvalue weighted by atomic mass is 15.2. The monoisotopic (exact) mass is 247 g/mol. The minimum absolute atomic E-state index is 0.509. The number of nitrogens with zero attached hydrogens (tertiary/aromatic N) is 3. The van der Waals surface area contributed by atoms with Crippen molar-refractivity contribution in [1.82, 2.24) is 9.97 Å². The number of hydrogen-bond donors (Lipinski definition) is 0. The number of rotatable bonds is 4. The van der Waals surface area contributed by atoms with Crippen LogP contribution in [0.2, 0.25) is 0 Å². The van der Waals surface area contributed by atoms with Crippen LogP contribution in [-0.2, 0) is 0 Å². The van der Waals surface area contributed by atoms with Crippen LogP contribution in [0.15, 0.2) is 12.4 Å². The van der Waals surface area contributed by atoms with Gasteiger partial charge in [-0.3, -0.25) is 0 Å². The molecular weight excluding hydrogens is 222 g/mol. The zero-order chi connectivity index (χ0) is 13.0. The third-order valence-electron chi connectivity index (χ3n) is 3.92. The van der Waals surface area contributed by atoms with Crippen LogP contribution in [0.4, 0.5) is 5.95 Å². The van der Waals surface area contributed by atoms with Crippen LogP contribution in [0, 0.1) is 5.92 Å². The van der Waals surface area contributed by atoms with Crippen molar-refractivity contribution in [2.45, 2.75) is 52.4 Å². The second-order valence-electron chi connectivity index (χ2n) is 5.69. The van der Waals surface area contributed by atoms with E-state index in [4.69, 9.17) is 0 Å². The van der Waals surface area contributed by atoms with Gasteiger partial charge < -0.3 is 4.90 Å². The second kappa shape index (κ2) is 6.17. The van der Waals surface area contributed by atoms with E-state index < -0.39 is 0 Å². The van der Waals surface area contributed by atoms with Crippen molar-refractivity contribution >= 4 is 5.95 Å². The molecule has 1 aromatic rings. The topological polar surface area (TPSA) is 29.0 Å². The Kier molecular flexibility index (Phi) is 4.56.